The second-order valence-corrected chi connectivity index (χ2v) is 4.63. The number of benzene rings is 1. The molecule has 0 saturated carbocycles. The standard InChI is InChI=1S/C12H16ClNO/c1-7(6-14)10-5-8-3-2-4-9(8)11(13)12(10)15/h5,7,15H,2-4,6,14H2,1H3. The first-order chi connectivity index (χ1) is 7.15. The Bertz CT molecular complexity index is 390. The summed E-state index contributed by atoms with van der Waals surface area (Å²) in [5, 5.41) is 10.5. The molecule has 0 amide bonds. The van der Waals surface area contributed by atoms with Crippen LogP contribution < -0.4 is 5.73 Å². The zero-order valence-electron chi connectivity index (χ0n) is 8.89. The molecule has 1 aromatic carbocycles. The highest BCUT2D eigenvalue weighted by molar-refractivity contribution is 6.33. The van der Waals surface area contributed by atoms with E-state index < -0.39 is 0 Å². The number of halogens is 1. The third kappa shape index (κ3) is 1.72. The molecule has 0 spiro atoms. The number of hydrogen-bond acceptors (Lipinski definition) is 2. The predicted octanol–water partition coefficient (Wildman–Crippen LogP) is 2.60. The van der Waals surface area contributed by atoms with E-state index in [2.05, 4.69) is 6.07 Å². The fraction of sp³-hybridized carbons (Fsp3) is 0.500. The Hall–Kier alpha value is -0.730. The van der Waals surface area contributed by atoms with Gasteiger partial charge in [0.15, 0.2) is 0 Å². The molecule has 3 heteroatoms. The van der Waals surface area contributed by atoms with Gasteiger partial charge in [0.25, 0.3) is 0 Å². The molecule has 1 aliphatic rings. The summed E-state index contributed by atoms with van der Waals surface area (Å²) in [6.07, 6.45) is 3.19. The molecule has 1 unspecified atom stereocenters. The number of rotatable bonds is 2. The summed E-state index contributed by atoms with van der Waals surface area (Å²) in [6.45, 7) is 2.54. The van der Waals surface area contributed by atoms with Gasteiger partial charge in [0.05, 0.1) is 5.02 Å². The molecule has 3 N–H and O–H groups in total. The van der Waals surface area contributed by atoms with Crippen LogP contribution >= 0.6 is 11.6 Å². The van der Waals surface area contributed by atoms with Crippen molar-refractivity contribution >= 4 is 11.6 Å². The molecule has 1 aliphatic carbocycles. The summed E-state index contributed by atoms with van der Waals surface area (Å²) >= 11 is 6.15. The van der Waals surface area contributed by atoms with Gasteiger partial charge in [0, 0.05) is 0 Å². The Labute approximate surface area is 95.1 Å². The topological polar surface area (TPSA) is 46.2 Å². The van der Waals surface area contributed by atoms with E-state index in [4.69, 9.17) is 17.3 Å². The van der Waals surface area contributed by atoms with E-state index >= 15 is 0 Å². The number of aromatic hydroxyl groups is 1. The van der Waals surface area contributed by atoms with Crippen molar-refractivity contribution in [2.45, 2.75) is 32.1 Å². The van der Waals surface area contributed by atoms with Crippen LogP contribution in [-0.4, -0.2) is 11.7 Å². The summed E-state index contributed by atoms with van der Waals surface area (Å²) in [4.78, 5) is 0. The van der Waals surface area contributed by atoms with Crippen LogP contribution in [-0.2, 0) is 12.8 Å². The average molecular weight is 226 g/mol. The highest BCUT2D eigenvalue weighted by Gasteiger charge is 2.21. The monoisotopic (exact) mass is 225 g/mol. The first kappa shape index (κ1) is 10.8. The fourth-order valence-corrected chi connectivity index (χ4v) is 2.53. The quantitative estimate of drug-likeness (QED) is 0.813. The molecule has 1 atom stereocenters. The normalized spacial score (nSPS) is 16.5. The lowest BCUT2D eigenvalue weighted by atomic mass is 9.96. The van der Waals surface area contributed by atoms with Crippen LogP contribution in [0.1, 0.15) is 36.0 Å². The van der Waals surface area contributed by atoms with Crippen LogP contribution in [0.3, 0.4) is 0 Å². The highest BCUT2D eigenvalue weighted by Crippen LogP contribution is 2.40. The van der Waals surface area contributed by atoms with Gasteiger partial charge in [-0.25, -0.2) is 0 Å². The molecular weight excluding hydrogens is 210 g/mol. The number of fused-ring (bicyclic) bond motifs is 1. The van der Waals surface area contributed by atoms with Crippen LogP contribution in [0.15, 0.2) is 6.07 Å². The summed E-state index contributed by atoms with van der Waals surface area (Å²) in [6, 6.07) is 2.07. The molecule has 0 heterocycles. The van der Waals surface area contributed by atoms with Crippen molar-refractivity contribution in [3.8, 4) is 5.75 Å². The maximum absolute atomic E-state index is 9.98. The number of nitrogens with two attached hydrogens (primary N) is 1. The van der Waals surface area contributed by atoms with E-state index in [0.717, 1.165) is 30.4 Å². The number of hydrogen-bond donors (Lipinski definition) is 2. The van der Waals surface area contributed by atoms with Crippen LogP contribution in [0.4, 0.5) is 0 Å². The van der Waals surface area contributed by atoms with Crippen LogP contribution in [0.25, 0.3) is 0 Å². The Morgan fingerprint density at radius 3 is 2.93 bits per heavy atom. The lowest BCUT2D eigenvalue weighted by Gasteiger charge is -2.15. The fourth-order valence-electron chi connectivity index (χ4n) is 2.21. The third-order valence-corrected chi connectivity index (χ3v) is 3.63. The number of phenolic OH excluding ortho intramolecular Hbond substituents is 1. The van der Waals surface area contributed by atoms with E-state index in [1.807, 2.05) is 6.92 Å². The Morgan fingerprint density at radius 1 is 1.53 bits per heavy atom. The largest absolute Gasteiger partial charge is 0.506 e. The minimum Gasteiger partial charge on any atom is -0.506 e. The summed E-state index contributed by atoms with van der Waals surface area (Å²) in [5.74, 6) is 0.392. The van der Waals surface area contributed by atoms with E-state index in [9.17, 15) is 5.11 Å². The Kier molecular flexibility index (Phi) is 2.89. The van der Waals surface area contributed by atoms with E-state index in [-0.39, 0.29) is 11.7 Å². The van der Waals surface area contributed by atoms with Gasteiger partial charge in [0.1, 0.15) is 5.75 Å². The number of phenols is 1. The van der Waals surface area contributed by atoms with Crippen molar-refractivity contribution in [2.24, 2.45) is 5.73 Å². The Morgan fingerprint density at radius 2 is 2.27 bits per heavy atom. The number of aryl methyl sites for hydroxylation is 1. The molecule has 0 aliphatic heterocycles. The first-order valence-electron chi connectivity index (χ1n) is 5.38. The molecule has 2 rings (SSSR count). The van der Waals surface area contributed by atoms with Gasteiger partial charge in [-0.1, -0.05) is 24.6 Å². The lowest BCUT2D eigenvalue weighted by Crippen LogP contribution is -2.09. The summed E-state index contributed by atoms with van der Waals surface area (Å²) < 4.78 is 0. The smallest absolute Gasteiger partial charge is 0.137 e. The van der Waals surface area contributed by atoms with Gasteiger partial charge in [-0.3, -0.25) is 0 Å². The van der Waals surface area contributed by atoms with E-state index in [1.165, 1.54) is 5.56 Å². The van der Waals surface area contributed by atoms with Gasteiger partial charge in [-0.2, -0.15) is 0 Å². The van der Waals surface area contributed by atoms with Crippen LogP contribution in [0.5, 0.6) is 5.75 Å². The lowest BCUT2D eigenvalue weighted by molar-refractivity contribution is 0.463. The van der Waals surface area contributed by atoms with Gasteiger partial charge in [0.2, 0.25) is 0 Å². The predicted molar refractivity (Wildman–Crippen MR) is 62.6 cm³/mol. The molecule has 2 nitrogen and oxygen atoms in total. The molecular formula is C12H16ClNO. The van der Waals surface area contributed by atoms with Gasteiger partial charge < -0.3 is 10.8 Å². The molecule has 0 aromatic heterocycles. The van der Waals surface area contributed by atoms with Crippen LogP contribution in [0, 0.1) is 0 Å². The Balaban J connectivity index is 2.54. The van der Waals surface area contributed by atoms with E-state index in [1.54, 1.807) is 0 Å². The first-order valence-corrected chi connectivity index (χ1v) is 5.76. The van der Waals surface area contributed by atoms with Gasteiger partial charge >= 0.3 is 0 Å². The molecule has 0 fully saturated rings. The minimum atomic E-state index is 0.161. The van der Waals surface area contributed by atoms with Crippen molar-refractivity contribution in [1.29, 1.82) is 0 Å². The van der Waals surface area contributed by atoms with Gasteiger partial charge in [-0.05, 0) is 48.4 Å². The molecule has 0 radical (unpaired) electrons. The van der Waals surface area contributed by atoms with Crippen molar-refractivity contribution in [1.82, 2.24) is 0 Å². The molecule has 1 aromatic rings. The van der Waals surface area contributed by atoms with E-state index in [0.29, 0.717) is 11.6 Å². The second kappa shape index (κ2) is 4.03. The zero-order valence-corrected chi connectivity index (χ0v) is 9.64. The summed E-state index contributed by atoms with van der Waals surface area (Å²) in [5.41, 5.74) is 8.92. The maximum Gasteiger partial charge on any atom is 0.137 e. The average Bonchev–Trinajstić information content (AvgIpc) is 2.70. The zero-order chi connectivity index (χ0) is 11.0. The van der Waals surface area contributed by atoms with Crippen LogP contribution in [0.2, 0.25) is 5.02 Å². The molecule has 0 bridgehead atoms. The van der Waals surface area contributed by atoms with Crippen molar-refractivity contribution in [2.75, 3.05) is 6.54 Å². The third-order valence-electron chi connectivity index (χ3n) is 3.22. The van der Waals surface area contributed by atoms with Crippen molar-refractivity contribution in [3.63, 3.8) is 0 Å². The molecule has 15 heavy (non-hydrogen) atoms. The second-order valence-electron chi connectivity index (χ2n) is 4.26. The van der Waals surface area contributed by atoms with Gasteiger partial charge in [-0.15, -0.1) is 0 Å². The van der Waals surface area contributed by atoms with Crippen molar-refractivity contribution in [3.05, 3.63) is 27.8 Å². The maximum atomic E-state index is 9.98. The minimum absolute atomic E-state index is 0.161. The SMILES string of the molecule is CC(CN)c1cc2c(c(Cl)c1O)CCC2. The molecule has 0 saturated heterocycles. The molecule has 82 valence electrons. The van der Waals surface area contributed by atoms with Crippen molar-refractivity contribution < 1.29 is 5.11 Å². The highest BCUT2D eigenvalue weighted by atomic mass is 35.5. The summed E-state index contributed by atoms with van der Waals surface area (Å²) in [7, 11) is 0.